The summed E-state index contributed by atoms with van der Waals surface area (Å²) in [5.74, 6) is 0. The maximum absolute atomic E-state index is 8.25. The van der Waals surface area contributed by atoms with Gasteiger partial charge in [-0.3, -0.25) is 0 Å². The molecule has 24 nitrogen and oxygen atoms in total. The van der Waals surface area contributed by atoms with Crippen LogP contribution >= 0.6 is 0 Å². The van der Waals surface area contributed by atoms with E-state index >= 15 is 0 Å². The van der Waals surface area contributed by atoms with Gasteiger partial charge in [-0.1, -0.05) is 0 Å². The predicted octanol–water partition coefficient (Wildman–Crippen LogP) is -1.82. The molecule has 0 bridgehead atoms. The minimum atomic E-state index is -1.75. The first kappa shape index (κ1) is 49.5. The molecule has 147 valence electrons. The first-order chi connectivity index (χ1) is 10.4. The van der Waals surface area contributed by atoms with Crippen LogP contribution in [0, 0.1) is 134 Å². The second kappa shape index (κ2) is 43.3. The van der Waals surface area contributed by atoms with Crippen LogP contribution in [0.4, 0.5) is 0 Å². The fourth-order valence-corrected chi connectivity index (χ4v) is 0. The van der Waals surface area contributed by atoms with Gasteiger partial charge in [0.2, 0.25) is 0 Å². The van der Waals surface area contributed by atoms with Crippen molar-refractivity contribution in [3.05, 3.63) is 91.9 Å². The van der Waals surface area contributed by atoms with Crippen molar-refractivity contribution in [3.63, 3.8) is 0 Å². The zero-order valence-electron chi connectivity index (χ0n) is 11.0. The maximum Gasteiger partial charge on any atom is 3.00 e. The molecule has 0 aromatic rings. The van der Waals surface area contributed by atoms with E-state index in [0.29, 0.717) is 0 Å². The Bertz CT molecular complexity index is 263. The van der Waals surface area contributed by atoms with E-state index in [1.54, 1.807) is 0 Å². The van der Waals surface area contributed by atoms with E-state index < -0.39 is 30.5 Å². The van der Waals surface area contributed by atoms with Crippen molar-refractivity contribution in [1.29, 1.82) is 0 Å². The normalized spacial score (nSPS) is 5.54. The van der Waals surface area contributed by atoms with Gasteiger partial charge in [0.15, 0.2) is 0 Å². The largest absolute Gasteiger partial charge is 3.00 e. The molecule has 0 unspecified atom stereocenters. The number of hydrogen-bond donors (Lipinski definition) is 0. The first-order valence-corrected chi connectivity index (χ1v) is 3.29. The standard InChI is InChI=1S/Ce.6NO3.Sb/c;6*2-1(3)4;/q+3;6*-1;+3. The average molecular weight is 634 g/mol. The van der Waals surface area contributed by atoms with Gasteiger partial charge < -0.3 is 91.9 Å². The van der Waals surface area contributed by atoms with Crippen molar-refractivity contribution >= 4 is 24.4 Å². The second-order valence-electron chi connectivity index (χ2n) is 1.34. The van der Waals surface area contributed by atoms with Crippen LogP contribution in [0.2, 0.25) is 0 Å². The van der Waals surface area contributed by atoms with Crippen LogP contribution in [0.25, 0.3) is 0 Å². The third kappa shape index (κ3) is 1310. The van der Waals surface area contributed by atoms with Crippen molar-refractivity contribution in [2.75, 3.05) is 0 Å². The van der Waals surface area contributed by atoms with Gasteiger partial charge in [-0.05, 0) is 0 Å². The van der Waals surface area contributed by atoms with Crippen molar-refractivity contribution in [2.45, 2.75) is 0 Å². The van der Waals surface area contributed by atoms with Gasteiger partial charge in [-0.2, -0.15) is 0 Å². The molecule has 0 aromatic carbocycles. The Morgan fingerprint density at radius 2 is 0.308 bits per heavy atom. The summed E-state index contributed by atoms with van der Waals surface area (Å²) in [4.78, 5) is 49.5. The quantitative estimate of drug-likeness (QED) is 0.161. The summed E-state index contributed by atoms with van der Waals surface area (Å²) >= 11 is 0. The molecular formula is CeN6O18Sb. The minimum absolute atomic E-state index is 0. The van der Waals surface area contributed by atoms with E-state index in [4.69, 9.17) is 91.9 Å². The van der Waals surface area contributed by atoms with Crippen LogP contribution in [0.5, 0.6) is 0 Å². The molecule has 0 fully saturated rings. The zero-order valence-corrected chi connectivity index (χ0v) is 16.7. The molecule has 26 heavy (non-hydrogen) atoms. The molecule has 26 heteroatoms. The van der Waals surface area contributed by atoms with Gasteiger partial charge >= 0.3 is 66.2 Å². The fraction of sp³-hybridized carbons (Fsp3) is 0. The molecule has 0 spiro atoms. The fourth-order valence-electron chi connectivity index (χ4n) is 0. The predicted molar refractivity (Wildman–Crippen MR) is 67.9 cm³/mol. The van der Waals surface area contributed by atoms with Crippen LogP contribution in [-0.4, -0.2) is 54.9 Å². The van der Waals surface area contributed by atoms with Crippen LogP contribution in [0.15, 0.2) is 0 Å². The van der Waals surface area contributed by atoms with Crippen molar-refractivity contribution in [1.82, 2.24) is 0 Å². The molecule has 0 aromatic heterocycles. The molecule has 0 amide bonds. The Morgan fingerprint density at radius 3 is 0.308 bits per heavy atom. The summed E-state index contributed by atoms with van der Waals surface area (Å²) in [7, 11) is 0. The van der Waals surface area contributed by atoms with Crippen LogP contribution in [0.1, 0.15) is 0 Å². The van der Waals surface area contributed by atoms with Crippen LogP contribution in [-0.2, 0) is 0 Å². The molecule has 3 radical (unpaired) electrons. The number of rotatable bonds is 0. The van der Waals surface area contributed by atoms with Gasteiger partial charge in [0.1, 0.15) is 0 Å². The maximum atomic E-state index is 8.25. The minimum Gasteiger partial charge on any atom is -0.356 e. The molecule has 0 aliphatic carbocycles. The molecule has 0 aliphatic heterocycles. The van der Waals surface area contributed by atoms with E-state index in [1.165, 1.54) is 0 Å². The van der Waals surface area contributed by atoms with Crippen molar-refractivity contribution < 1.29 is 72.3 Å². The van der Waals surface area contributed by atoms with Gasteiger partial charge in [-0.25, -0.2) is 0 Å². The summed E-state index contributed by atoms with van der Waals surface area (Å²) in [5.41, 5.74) is 0. The molecule has 0 aliphatic rings. The molecule has 0 saturated carbocycles. The summed E-state index contributed by atoms with van der Waals surface area (Å²) in [5, 5.41) is 88.5. The van der Waals surface area contributed by atoms with Crippen molar-refractivity contribution in [3.8, 4) is 0 Å². The molecule has 0 atom stereocenters. The summed E-state index contributed by atoms with van der Waals surface area (Å²) in [6, 6.07) is 0. The third-order valence-electron chi connectivity index (χ3n) is 0. The molecule has 0 rings (SSSR count). The Balaban J connectivity index is -0.0000000245. The van der Waals surface area contributed by atoms with Crippen LogP contribution in [0.3, 0.4) is 0 Å². The Kier molecular flexibility index (Phi) is 82.4. The van der Waals surface area contributed by atoms with Crippen LogP contribution < -0.4 is 0 Å². The van der Waals surface area contributed by atoms with E-state index in [9.17, 15) is 0 Å². The van der Waals surface area contributed by atoms with E-state index in [-0.39, 0.29) is 66.2 Å². The van der Waals surface area contributed by atoms with E-state index in [0.717, 1.165) is 0 Å². The number of hydrogen-bond acceptors (Lipinski definition) is 18. The van der Waals surface area contributed by atoms with Gasteiger partial charge in [0.05, 0.1) is 30.5 Å². The van der Waals surface area contributed by atoms with E-state index in [1.807, 2.05) is 0 Å². The number of nitrogens with zero attached hydrogens (tertiary/aromatic N) is 6. The Hall–Kier alpha value is -2.61. The Morgan fingerprint density at radius 1 is 0.308 bits per heavy atom. The monoisotopic (exact) mass is 633 g/mol. The zero-order chi connectivity index (χ0) is 21.5. The van der Waals surface area contributed by atoms with Crippen molar-refractivity contribution in [2.24, 2.45) is 0 Å². The Labute approximate surface area is 187 Å². The molecule has 0 saturated heterocycles. The molecular weight excluding hydrogens is 634 g/mol. The average Bonchev–Trinajstić information content (AvgIpc) is 2.08. The smallest absolute Gasteiger partial charge is 0.356 e. The van der Waals surface area contributed by atoms with E-state index in [2.05, 4.69) is 0 Å². The first-order valence-electron chi connectivity index (χ1n) is 3.29. The second-order valence-corrected chi connectivity index (χ2v) is 1.34. The van der Waals surface area contributed by atoms with Gasteiger partial charge in [-0.15, -0.1) is 0 Å². The third-order valence-corrected chi connectivity index (χ3v) is 0. The summed E-state index contributed by atoms with van der Waals surface area (Å²) < 4.78 is 0. The topological polar surface area (TPSA) is 397 Å². The molecule has 0 N–H and O–H groups in total. The van der Waals surface area contributed by atoms with Gasteiger partial charge in [0, 0.05) is 0 Å². The summed E-state index contributed by atoms with van der Waals surface area (Å²) in [6.07, 6.45) is 0. The SMILES string of the molecule is O=[N+]([O-])[O-].O=[N+]([O-])[O-].O=[N+]([O-])[O-].O=[N+]([O-])[O-].O=[N+]([O-])[O-].O=[N+]([O-])[O-].[Ce+3].[Sb+3]. The van der Waals surface area contributed by atoms with Gasteiger partial charge in [0.25, 0.3) is 0 Å². The molecule has 0 heterocycles. The summed E-state index contributed by atoms with van der Waals surface area (Å²) in [6.45, 7) is 0.